The van der Waals surface area contributed by atoms with Crippen LogP contribution in [0.3, 0.4) is 0 Å². The number of nitrogens with zero attached hydrogens (tertiary/aromatic N) is 2. The maximum atomic E-state index is 7.36. The van der Waals surface area contributed by atoms with Crippen molar-refractivity contribution in [3.8, 4) is 0 Å². The second-order valence-electron chi connectivity index (χ2n) is 3.65. The van der Waals surface area contributed by atoms with Crippen molar-refractivity contribution in [2.45, 2.75) is 25.3 Å². The molecular formula is C10H16N4S. The van der Waals surface area contributed by atoms with Gasteiger partial charge in [0, 0.05) is 12.4 Å². The molecule has 3 N–H and O–H groups in total. The minimum Gasteiger partial charge on any atom is -0.382 e. The fourth-order valence-corrected chi connectivity index (χ4v) is 2.22. The lowest BCUT2D eigenvalue weighted by atomic mass is 10.2. The Morgan fingerprint density at radius 3 is 2.73 bits per heavy atom. The van der Waals surface area contributed by atoms with Crippen molar-refractivity contribution in [1.82, 2.24) is 9.97 Å². The number of nitrogens with two attached hydrogens (primary N) is 1. The van der Waals surface area contributed by atoms with Crippen LogP contribution in [0.5, 0.6) is 0 Å². The fourth-order valence-electron chi connectivity index (χ4n) is 1.01. The molecule has 82 valence electrons. The molecule has 0 spiro atoms. The lowest BCUT2D eigenvalue weighted by Gasteiger charge is -2.06. The minimum absolute atomic E-state index is 0.0184. The summed E-state index contributed by atoms with van der Waals surface area (Å²) in [5, 5.41) is 8.11. The second-order valence-corrected chi connectivity index (χ2v) is 4.74. The predicted molar refractivity (Wildman–Crippen MR) is 63.2 cm³/mol. The quantitative estimate of drug-likeness (QED) is 0.455. The van der Waals surface area contributed by atoms with Gasteiger partial charge in [-0.15, -0.1) is 11.8 Å². The molecule has 0 fully saturated rings. The summed E-state index contributed by atoms with van der Waals surface area (Å²) < 4.78 is 0. The van der Waals surface area contributed by atoms with Crippen LogP contribution < -0.4 is 5.73 Å². The van der Waals surface area contributed by atoms with E-state index in [2.05, 4.69) is 23.8 Å². The topological polar surface area (TPSA) is 75.7 Å². The molecule has 1 aromatic heterocycles. The Hall–Kier alpha value is -1.10. The van der Waals surface area contributed by atoms with E-state index in [1.807, 2.05) is 0 Å². The number of nitrogen functional groups attached to an aromatic ring is 1. The Morgan fingerprint density at radius 2 is 2.13 bits per heavy atom. The number of thioether (sulfide) groups is 1. The zero-order valence-electron chi connectivity index (χ0n) is 9.03. The Morgan fingerprint density at radius 1 is 1.47 bits per heavy atom. The van der Waals surface area contributed by atoms with Crippen molar-refractivity contribution in [1.29, 1.82) is 5.41 Å². The lowest BCUT2D eigenvalue weighted by molar-refractivity contribution is 0.632. The summed E-state index contributed by atoms with van der Waals surface area (Å²) in [6, 6.07) is 0. The van der Waals surface area contributed by atoms with Crippen molar-refractivity contribution < 1.29 is 0 Å². The van der Waals surface area contributed by atoms with Gasteiger partial charge in [-0.25, -0.2) is 9.97 Å². The third-order valence-corrected chi connectivity index (χ3v) is 2.87. The first-order valence-corrected chi connectivity index (χ1v) is 5.88. The van der Waals surface area contributed by atoms with E-state index in [9.17, 15) is 0 Å². The second kappa shape index (κ2) is 5.70. The average molecular weight is 224 g/mol. The van der Waals surface area contributed by atoms with Crippen LogP contribution in [-0.2, 0) is 0 Å². The molecule has 0 amide bonds. The van der Waals surface area contributed by atoms with Crippen LogP contribution in [0, 0.1) is 11.3 Å². The van der Waals surface area contributed by atoms with E-state index < -0.39 is 0 Å². The summed E-state index contributed by atoms with van der Waals surface area (Å²) >= 11 is 1.61. The number of hydrogen-bond acceptors (Lipinski definition) is 4. The Balaban J connectivity index is 2.63. The molecule has 0 unspecified atom stereocenters. The van der Waals surface area contributed by atoms with Crippen LogP contribution >= 0.6 is 11.8 Å². The summed E-state index contributed by atoms with van der Waals surface area (Å²) in [5.41, 5.74) is 5.91. The van der Waals surface area contributed by atoms with Crippen LogP contribution in [0.4, 0.5) is 0 Å². The largest absolute Gasteiger partial charge is 0.382 e. The van der Waals surface area contributed by atoms with Crippen LogP contribution in [0.1, 0.15) is 26.0 Å². The van der Waals surface area contributed by atoms with E-state index in [1.54, 1.807) is 24.2 Å². The zero-order chi connectivity index (χ0) is 11.3. The van der Waals surface area contributed by atoms with Gasteiger partial charge in [0.05, 0.1) is 0 Å². The normalized spacial score (nSPS) is 10.6. The maximum absolute atomic E-state index is 7.36. The van der Waals surface area contributed by atoms with Gasteiger partial charge in [-0.1, -0.05) is 13.8 Å². The van der Waals surface area contributed by atoms with Gasteiger partial charge in [-0.05, 0) is 18.1 Å². The molecule has 0 aliphatic heterocycles. The summed E-state index contributed by atoms with van der Waals surface area (Å²) in [7, 11) is 0. The van der Waals surface area contributed by atoms with Gasteiger partial charge in [-0.3, -0.25) is 5.41 Å². The van der Waals surface area contributed by atoms with E-state index in [1.165, 1.54) is 0 Å². The zero-order valence-corrected chi connectivity index (χ0v) is 9.84. The number of nitrogens with one attached hydrogen (secondary N) is 1. The van der Waals surface area contributed by atoms with Crippen molar-refractivity contribution in [3.05, 3.63) is 18.1 Å². The molecule has 1 aromatic rings. The molecule has 1 heterocycles. The number of amidine groups is 1. The summed E-state index contributed by atoms with van der Waals surface area (Å²) in [6.07, 6.45) is 4.31. The summed E-state index contributed by atoms with van der Waals surface area (Å²) in [6.45, 7) is 4.37. The highest BCUT2D eigenvalue weighted by Gasteiger charge is 2.08. The van der Waals surface area contributed by atoms with E-state index >= 15 is 0 Å². The van der Waals surface area contributed by atoms with Crippen molar-refractivity contribution in [2.24, 2.45) is 11.7 Å². The Kier molecular flexibility index (Phi) is 4.55. The standard InChI is InChI=1S/C10H16N4S/c1-7(2)3-6-15-10-8(9(11)12)13-4-5-14-10/h4-5,7H,3,6H2,1-2H3,(H3,11,12). The highest BCUT2D eigenvalue weighted by Crippen LogP contribution is 2.20. The van der Waals surface area contributed by atoms with Gasteiger partial charge in [0.15, 0.2) is 0 Å². The minimum atomic E-state index is -0.0184. The third kappa shape index (κ3) is 3.87. The molecule has 1 rings (SSSR count). The first-order chi connectivity index (χ1) is 7.11. The molecule has 4 nitrogen and oxygen atoms in total. The fraction of sp³-hybridized carbons (Fsp3) is 0.500. The van der Waals surface area contributed by atoms with E-state index in [-0.39, 0.29) is 5.84 Å². The monoisotopic (exact) mass is 224 g/mol. The van der Waals surface area contributed by atoms with Crippen LogP contribution in [0.2, 0.25) is 0 Å². The van der Waals surface area contributed by atoms with Gasteiger partial charge in [0.25, 0.3) is 0 Å². The van der Waals surface area contributed by atoms with Gasteiger partial charge >= 0.3 is 0 Å². The van der Waals surface area contributed by atoms with Gasteiger partial charge in [-0.2, -0.15) is 0 Å². The molecule has 0 saturated heterocycles. The SMILES string of the molecule is CC(C)CCSc1nccnc1C(=N)N. The molecule has 0 aliphatic rings. The molecule has 0 saturated carbocycles. The number of rotatable bonds is 5. The first-order valence-electron chi connectivity index (χ1n) is 4.89. The summed E-state index contributed by atoms with van der Waals surface area (Å²) in [4.78, 5) is 8.22. The molecule has 0 radical (unpaired) electrons. The predicted octanol–water partition coefficient (Wildman–Crippen LogP) is 1.90. The molecule has 0 bridgehead atoms. The van der Waals surface area contributed by atoms with E-state index in [0.717, 1.165) is 17.2 Å². The van der Waals surface area contributed by atoms with Gasteiger partial charge in [0.1, 0.15) is 16.6 Å². The highest BCUT2D eigenvalue weighted by atomic mass is 32.2. The first kappa shape index (κ1) is 12.0. The molecule has 0 aromatic carbocycles. The molecular weight excluding hydrogens is 208 g/mol. The summed E-state index contributed by atoms with van der Waals surface area (Å²) in [5.74, 6) is 1.64. The van der Waals surface area contributed by atoms with Crippen LogP contribution in [0.15, 0.2) is 17.4 Å². The Bertz CT molecular complexity index is 338. The van der Waals surface area contributed by atoms with Gasteiger partial charge in [0.2, 0.25) is 0 Å². The van der Waals surface area contributed by atoms with E-state index in [0.29, 0.717) is 11.6 Å². The van der Waals surface area contributed by atoms with Crippen LogP contribution in [-0.4, -0.2) is 21.6 Å². The lowest BCUT2D eigenvalue weighted by Crippen LogP contribution is -2.15. The molecule has 5 heteroatoms. The molecule has 0 aliphatic carbocycles. The average Bonchev–Trinajstić information content (AvgIpc) is 2.17. The smallest absolute Gasteiger partial charge is 0.144 e. The Labute approximate surface area is 94.2 Å². The number of hydrogen-bond donors (Lipinski definition) is 2. The highest BCUT2D eigenvalue weighted by molar-refractivity contribution is 7.99. The molecule has 15 heavy (non-hydrogen) atoms. The maximum Gasteiger partial charge on any atom is 0.144 e. The number of aromatic nitrogens is 2. The van der Waals surface area contributed by atoms with Crippen LogP contribution in [0.25, 0.3) is 0 Å². The third-order valence-electron chi connectivity index (χ3n) is 1.85. The van der Waals surface area contributed by atoms with Crippen molar-refractivity contribution in [3.63, 3.8) is 0 Å². The van der Waals surface area contributed by atoms with Crippen molar-refractivity contribution in [2.75, 3.05) is 5.75 Å². The van der Waals surface area contributed by atoms with E-state index in [4.69, 9.17) is 11.1 Å². The van der Waals surface area contributed by atoms with Gasteiger partial charge < -0.3 is 5.73 Å². The van der Waals surface area contributed by atoms with Crippen molar-refractivity contribution >= 4 is 17.6 Å². The molecule has 0 atom stereocenters.